The van der Waals surface area contributed by atoms with Crippen LogP contribution in [0.25, 0.3) is 0 Å². The average Bonchev–Trinajstić information content (AvgIpc) is 2.88. The molecule has 2 aromatic rings. The van der Waals surface area contributed by atoms with Crippen molar-refractivity contribution in [1.29, 1.82) is 0 Å². The number of nitro benzene ring substituents is 1. The van der Waals surface area contributed by atoms with Crippen LogP contribution in [-0.4, -0.2) is 33.2 Å². The third kappa shape index (κ3) is 3.51. The van der Waals surface area contributed by atoms with E-state index in [1.54, 1.807) is 6.92 Å². The van der Waals surface area contributed by atoms with Gasteiger partial charge in [0, 0.05) is 18.1 Å². The number of hydrogen-bond acceptors (Lipinski definition) is 6. The van der Waals surface area contributed by atoms with Gasteiger partial charge in [0.1, 0.15) is 16.9 Å². The molecule has 0 saturated carbocycles. The molecule has 1 aromatic carbocycles. The highest BCUT2D eigenvalue weighted by atomic mass is 35.5. The first-order valence-electron chi connectivity index (χ1n) is 6.79. The van der Waals surface area contributed by atoms with Crippen molar-refractivity contribution in [3.05, 3.63) is 50.7 Å². The Labute approximate surface area is 141 Å². The summed E-state index contributed by atoms with van der Waals surface area (Å²) in [7, 11) is 1.51. The van der Waals surface area contributed by atoms with Gasteiger partial charge in [-0.2, -0.15) is 5.10 Å². The van der Waals surface area contributed by atoms with Crippen LogP contribution in [0.2, 0.25) is 5.02 Å². The van der Waals surface area contributed by atoms with Crippen molar-refractivity contribution < 1.29 is 19.2 Å². The van der Waals surface area contributed by atoms with E-state index in [0.717, 1.165) is 6.07 Å². The summed E-state index contributed by atoms with van der Waals surface area (Å²) in [4.78, 5) is 34.6. The van der Waals surface area contributed by atoms with Crippen LogP contribution in [0, 0.1) is 10.1 Å². The van der Waals surface area contributed by atoms with Gasteiger partial charge in [0.05, 0.1) is 17.7 Å². The predicted molar refractivity (Wildman–Crippen MR) is 85.2 cm³/mol. The fraction of sp³-hybridized carbons (Fsp3) is 0.214. The number of nitrogens with one attached hydrogen (secondary N) is 1. The molecule has 0 saturated heterocycles. The first-order chi connectivity index (χ1) is 11.3. The minimum Gasteiger partial charge on any atom is -0.462 e. The number of ether oxygens (including phenoxy) is 1. The first kappa shape index (κ1) is 17.4. The highest BCUT2D eigenvalue weighted by Gasteiger charge is 2.24. The van der Waals surface area contributed by atoms with Crippen LogP contribution < -0.4 is 5.32 Å². The van der Waals surface area contributed by atoms with Crippen molar-refractivity contribution in [3.8, 4) is 0 Å². The number of nitro groups is 1. The Morgan fingerprint density at radius 2 is 2.12 bits per heavy atom. The van der Waals surface area contributed by atoms with Crippen LogP contribution in [-0.2, 0) is 11.8 Å². The largest absolute Gasteiger partial charge is 0.462 e. The number of hydrogen-bond donors (Lipinski definition) is 1. The number of halogens is 1. The van der Waals surface area contributed by atoms with Gasteiger partial charge in [-0.15, -0.1) is 0 Å². The summed E-state index contributed by atoms with van der Waals surface area (Å²) in [5.74, 6) is -1.36. The molecule has 0 spiro atoms. The summed E-state index contributed by atoms with van der Waals surface area (Å²) >= 11 is 5.72. The molecule has 9 nitrogen and oxygen atoms in total. The number of anilines is 1. The number of aryl methyl sites for hydroxylation is 1. The Bertz CT molecular complexity index is 817. The zero-order chi connectivity index (χ0) is 17.9. The second-order valence-corrected chi connectivity index (χ2v) is 5.06. The molecule has 1 amide bonds. The summed E-state index contributed by atoms with van der Waals surface area (Å²) < 4.78 is 6.13. The zero-order valence-corrected chi connectivity index (χ0v) is 13.5. The Kier molecular flexibility index (Phi) is 5.14. The van der Waals surface area contributed by atoms with Crippen molar-refractivity contribution in [3.63, 3.8) is 0 Å². The first-order valence-corrected chi connectivity index (χ1v) is 7.17. The van der Waals surface area contributed by atoms with E-state index >= 15 is 0 Å². The van der Waals surface area contributed by atoms with E-state index in [0.29, 0.717) is 0 Å². The minimum absolute atomic E-state index is 0.0457. The van der Waals surface area contributed by atoms with Crippen LogP contribution in [0.15, 0.2) is 24.4 Å². The van der Waals surface area contributed by atoms with Gasteiger partial charge in [-0.25, -0.2) is 4.79 Å². The molecule has 0 unspecified atom stereocenters. The van der Waals surface area contributed by atoms with Gasteiger partial charge < -0.3 is 10.1 Å². The Morgan fingerprint density at radius 1 is 1.42 bits per heavy atom. The lowest BCUT2D eigenvalue weighted by Gasteiger charge is -2.08. The van der Waals surface area contributed by atoms with E-state index in [-0.39, 0.29) is 28.6 Å². The highest BCUT2D eigenvalue weighted by molar-refractivity contribution is 6.31. The number of aromatic nitrogens is 2. The van der Waals surface area contributed by atoms with Crippen LogP contribution >= 0.6 is 11.6 Å². The maximum Gasteiger partial charge on any atom is 0.343 e. The number of amides is 1. The van der Waals surface area contributed by atoms with Gasteiger partial charge in [-0.05, 0) is 19.1 Å². The number of nitrogens with zero attached hydrogens (tertiary/aromatic N) is 3. The summed E-state index contributed by atoms with van der Waals surface area (Å²) in [5.41, 5.74) is -0.593. The zero-order valence-electron chi connectivity index (χ0n) is 12.8. The Balaban J connectivity index is 2.36. The van der Waals surface area contributed by atoms with E-state index < -0.39 is 22.5 Å². The van der Waals surface area contributed by atoms with Gasteiger partial charge in [0.25, 0.3) is 11.6 Å². The van der Waals surface area contributed by atoms with E-state index in [1.165, 1.54) is 30.1 Å². The van der Waals surface area contributed by atoms with Crippen molar-refractivity contribution >= 4 is 35.0 Å². The second kappa shape index (κ2) is 7.09. The average molecular weight is 353 g/mol. The topological polar surface area (TPSA) is 116 Å². The Hall–Kier alpha value is -2.94. The maximum atomic E-state index is 12.4. The van der Waals surface area contributed by atoms with Gasteiger partial charge in [-0.1, -0.05) is 11.6 Å². The molecular formula is C14H13ClN4O5. The fourth-order valence-electron chi connectivity index (χ4n) is 1.97. The Morgan fingerprint density at radius 3 is 2.75 bits per heavy atom. The molecule has 0 radical (unpaired) electrons. The lowest BCUT2D eigenvalue weighted by atomic mass is 10.1. The van der Waals surface area contributed by atoms with Crippen LogP contribution in [0.3, 0.4) is 0 Å². The molecule has 0 aliphatic carbocycles. The third-order valence-corrected chi connectivity index (χ3v) is 3.30. The van der Waals surface area contributed by atoms with Gasteiger partial charge in [-0.3, -0.25) is 19.6 Å². The third-order valence-electron chi connectivity index (χ3n) is 3.07. The molecule has 1 aromatic heterocycles. The molecule has 126 valence electrons. The molecule has 24 heavy (non-hydrogen) atoms. The standard InChI is InChI=1S/C14H13ClN4O5/c1-3-24-14(21)10-7-16-18(2)12(10)17-13(20)9-5-4-8(15)6-11(9)19(22)23/h4-7H,3H2,1-2H3,(H,17,20). The molecule has 0 aliphatic rings. The minimum atomic E-state index is -0.771. The molecule has 10 heteroatoms. The number of benzene rings is 1. The number of carbonyl (C=O) groups excluding carboxylic acids is 2. The van der Waals surface area contributed by atoms with Gasteiger partial charge >= 0.3 is 5.97 Å². The van der Waals surface area contributed by atoms with Crippen molar-refractivity contribution in [2.45, 2.75) is 6.92 Å². The fourth-order valence-corrected chi connectivity index (χ4v) is 2.13. The van der Waals surface area contributed by atoms with Crippen molar-refractivity contribution in [2.75, 3.05) is 11.9 Å². The molecule has 1 heterocycles. The number of carbonyl (C=O) groups is 2. The maximum absolute atomic E-state index is 12.4. The summed E-state index contributed by atoms with van der Waals surface area (Å²) in [6.45, 7) is 1.80. The van der Waals surface area contributed by atoms with Crippen molar-refractivity contribution in [1.82, 2.24) is 9.78 Å². The second-order valence-electron chi connectivity index (χ2n) is 4.62. The van der Waals surface area contributed by atoms with Gasteiger partial charge in [0.2, 0.25) is 0 Å². The summed E-state index contributed by atoms with van der Waals surface area (Å²) in [5, 5.41) is 17.5. The van der Waals surface area contributed by atoms with E-state index in [4.69, 9.17) is 16.3 Å². The molecule has 1 N–H and O–H groups in total. The van der Waals surface area contributed by atoms with Crippen LogP contribution in [0.4, 0.5) is 11.5 Å². The quantitative estimate of drug-likeness (QED) is 0.501. The molecule has 0 fully saturated rings. The van der Waals surface area contributed by atoms with E-state index in [2.05, 4.69) is 10.4 Å². The lowest BCUT2D eigenvalue weighted by molar-refractivity contribution is -0.385. The van der Waals surface area contributed by atoms with Crippen LogP contribution in [0.5, 0.6) is 0 Å². The lowest BCUT2D eigenvalue weighted by Crippen LogP contribution is -2.18. The smallest absolute Gasteiger partial charge is 0.343 e. The van der Waals surface area contributed by atoms with Crippen LogP contribution in [0.1, 0.15) is 27.6 Å². The van der Waals surface area contributed by atoms with Gasteiger partial charge in [0.15, 0.2) is 0 Å². The number of esters is 1. The predicted octanol–water partition coefficient (Wildman–Crippen LogP) is 2.41. The van der Waals surface area contributed by atoms with Crippen molar-refractivity contribution in [2.24, 2.45) is 7.05 Å². The molecular weight excluding hydrogens is 340 g/mol. The SMILES string of the molecule is CCOC(=O)c1cnn(C)c1NC(=O)c1ccc(Cl)cc1[N+](=O)[O-]. The normalized spacial score (nSPS) is 10.3. The van der Waals surface area contributed by atoms with E-state index in [1.807, 2.05) is 0 Å². The number of rotatable bonds is 5. The molecule has 0 atom stereocenters. The molecule has 0 bridgehead atoms. The summed E-state index contributed by atoms with van der Waals surface area (Å²) in [6.07, 6.45) is 1.24. The highest BCUT2D eigenvalue weighted by Crippen LogP contribution is 2.25. The van der Waals surface area contributed by atoms with E-state index in [9.17, 15) is 19.7 Å². The monoisotopic (exact) mass is 352 g/mol. The molecule has 2 rings (SSSR count). The summed E-state index contributed by atoms with van der Waals surface area (Å²) in [6, 6.07) is 3.67. The molecule has 0 aliphatic heterocycles.